The molecule has 0 amide bonds. The van der Waals surface area contributed by atoms with E-state index in [9.17, 15) is 0 Å². The fourth-order valence-electron chi connectivity index (χ4n) is 2.45. The highest BCUT2D eigenvalue weighted by molar-refractivity contribution is 6.30. The normalized spacial score (nSPS) is 10.5. The molecule has 1 N–H and O–H groups in total. The summed E-state index contributed by atoms with van der Waals surface area (Å²) in [4.78, 5) is 13.3. The van der Waals surface area contributed by atoms with Crippen LogP contribution in [0, 0.1) is 0 Å². The fraction of sp³-hybridized carbons (Fsp3) is 0.211. The van der Waals surface area contributed by atoms with Crippen LogP contribution in [0.4, 0.5) is 5.82 Å². The molecule has 2 heterocycles. The van der Waals surface area contributed by atoms with Crippen molar-refractivity contribution in [1.29, 1.82) is 0 Å². The molecule has 3 aromatic rings. The summed E-state index contributed by atoms with van der Waals surface area (Å²) in [6.45, 7) is 2.65. The Balaban J connectivity index is 1.85. The summed E-state index contributed by atoms with van der Waals surface area (Å²) < 4.78 is 5.39. The maximum atomic E-state index is 6.01. The van der Waals surface area contributed by atoms with Gasteiger partial charge in [0.25, 0.3) is 0 Å². The summed E-state index contributed by atoms with van der Waals surface area (Å²) in [5, 5.41) is 4.00. The first kappa shape index (κ1) is 17.2. The van der Waals surface area contributed by atoms with Crippen molar-refractivity contribution in [2.75, 3.05) is 12.4 Å². The van der Waals surface area contributed by atoms with Crippen molar-refractivity contribution in [3.05, 3.63) is 65.1 Å². The second-order valence-corrected chi connectivity index (χ2v) is 5.90. The highest BCUT2D eigenvalue weighted by Gasteiger charge is 2.08. The Bertz CT molecular complexity index is 855. The van der Waals surface area contributed by atoms with Gasteiger partial charge in [-0.15, -0.1) is 0 Å². The number of hydrogen-bond acceptors (Lipinski definition) is 5. The van der Waals surface area contributed by atoms with Crippen molar-refractivity contribution in [2.45, 2.75) is 19.9 Å². The van der Waals surface area contributed by atoms with E-state index in [1.807, 2.05) is 30.3 Å². The van der Waals surface area contributed by atoms with Gasteiger partial charge in [0.05, 0.1) is 7.11 Å². The number of ether oxygens (including phenoxy) is 1. The predicted molar refractivity (Wildman–Crippen MR) is 100.0 cm³/mol. The molecule has 0 saturated heterocycles. The number of hydrogen-bond donors (Lipinski definition) is 1. The van der Waals surface area contributed by atoms with Crippen LogP contribution in [0.15, 0.2) is 48.8 Å². The van der Waals surface area contributed by atoms with E-state index in [0.29, 0.717) is 17.4 Å². The van der Waals surface area contributed by atoms with Crippen molar-refractivity contribution in [3.63, 3.8) is 0 Å². The lowest BCUT2D eigenvalue weighted by atomic mass is 10.2. The third kappa shape index (κ3) is 4.25. The lowest BCUT2D eigenvalue weighted by molar-refractivity contribution is 0.410. The van der Waals surface area contributed by atoms with Gasteiger partial charge in [-0.1, -0.05) is 24.6 Å². The van der Waals surface area contributed by atoms with E-state index in [0.717, 1.165) is 34.8 Å². The summed E-state index contributed by atoms with van der Waals surface area (Å²) in [6, 6.07) is 11.4. The number of nitrogens with one attached hydrogen (secondary N) is 1. The molecule has 5 nitrogen and oxygen atoms in total. The van der Waals surface area contributed by atoms with Gasteiger partial charge < -0.3 is 10.1 Å². The van der Waals surface area contributed by atoms with Crippen LogP contribution in [-0.4, -0.2) is 22.1 Å². The van der Waals surface area contributed by atoms with Crippen LogP contribution in [0.5, 0.6) is 5.75 Å². The Hall–Kier alpha value is -2.66. The highest BCUT2D eigenvalue weighted by atomic mass is 35.5. The number of rotatable bonds is 6. The van der Waals surface area contributed by atoms with E-state index in [1.54, 1.807) is 25.6 Å². The quantitative estimate of drug-likeness (QED) is 0.712. The maximum absolute atomic E-state index is 6.01. The van der Waals surface area contributed by atoms with E-state index in [-0.39, 0.29) is 0 Å². The summed E-state index contributed by atoms with van der Waals surface area (Å²) in [7, 11) is 1.64. The summed E-state index contributed by atoms with van der Waals surface area (Å²) in [5.41, 5.74) is 2.93. The number of anilines is 1. The van der Waals surface area contributed by atoms with E-state index >= 15 is 0 Å². The second kappa shape index (κ2) is 7.94. The lowest BCUT2D eigenvalue weighted by Gasteiger charge is -2.12. The second-order valence-electron chi connectivity index (χ2n) is 5.47. The zero-order valence-corrected chi connectivity index (χ0v) is 14.9. The molecule has 3 rings (SSSR count). The first-order valence-corrected chi connectivity index (χ1v) is 8.42. The van der Waals surface area contributed by atoms with Gasteiger partial charge in [-0.25, -0.2) is 9.97 Å². The number of benzene rings is 1. The smallest absolute Gasteiger partial charge is 0.161 e. The largest absolute Gasteiger partial charge is 0.496 e. The van der Waals surface area contributed by atoms with Crippen LogP contribution in [0.1, 0.15) is 18.2 Å². The van der Waals surface area contributed by atoms with E-state index in [4.69, 9.17) is 16.3 Å². The minimum Gasteiger partial charge on any atom is -0.496 e. The van der Waals surface area contributed by atoms with Crippen LogP contribution >= 0.6 is 11.6 Å². The number of aromatic nitrogens is 3. The lowest BCUT2D eigenvalue weighted by Crippen LogP contribution is -2.06. The molecule has 128 valence electrons. The molecule has 0 saturated carbocycles. The molecule has 0 aliphatic carbocycles. The molecule has 0 spiro atoms. The predicted octanol–water partition coefficient (Wildman–Crippen LogP) is 4.38. The Morgan fingerprint density at radius 2 is 1.88 bits per heavy atom. The number of methoxy groups -OCH3 is 1. The van der Waals surface area contributed by atoms with Gasteiger partial charge in [0.2, 0.25) is 0 Å². The number of pyridine rings is 1. The summed E-state index contributed by atoms with van der Waals surface area (Å²) in [6.07, 6.45) is 4.31. The third-order valence-corrected chi connectivity index (χ3v) is 4.02. The van der Waals surface area contributed by atoms with Crippen molar-refractivity contribution < 1.29 is 4.74 Å². The standard InChI is InChI=1S/C19H19ClN4O/c1-3-16-11-18(24-19(23-16)13-6-8-21-9-7-13)22-12-14-4-5-15(20)10-17(14)25-2/h4-11H,3,12H2,1-2H3,(H,22,23,24). The highest BCUT2D eigenvalue weighted by Crippen LogP contribution is 2.24. The average molecular weight is 355 g/mol. The Morgan fingerprint density at radius 3 is 2.60 bits per heavy atom. The third-order valence-electron chi connectivity index (χ3n) is 3.79. The number of nitrogens with zero attached hydrogens (tertiary/aromatic N) is 3. The maximum Gasteiger partial charge on any atom is 0.161 e. The van der Waals surface area contributed by atoms with Gasteiger partial charge in [0.1, 0.15) is 11.6 Å². The van der Waals surface area contributed by atoms with Crippen molar-refractivity contribution >= 4 is 17.4 Å². The van der Waals surface area contributed by atoms with E-state index in [1.165, 1.54) is 0 Å². The Morgan fingerprint density at radius 1 is 1.08 bits per heavy atom. The molecule has 0 unspecified atom stereocenters. The van der Waals surface area contributed by atoms with Crippen LogP contribution in [-0.2, 0) is 13.0 Å². The van der Waals surface area contributed by atoms with Gasteiger partial charge in [0, 0.05) is 46.8 Å². The van der Waals surface area contributed by atoms with Gasteiger partial charge in [-0.05, 0) is 30.7 Å². The molecule has 6 heteroatoms. The molecular weight excluding hydrogens is 336 g/mol. The van der Waals surface area contributed by atoms with Crippen LogP contribution < -0.4 is 10.1 Å². The van der Waals surface area contributed by atoms with Crippen molar-refractivity contribution in [1.82, 2.24) is 15.0 Å². The zero-order valence-electron chi connectivity index (χ0n) is 14.2. The Kier molecular flexibility index (Phi) is 5.46. The van der Waals surface area contributed by atoms with Crippen molar-refractivity contribution in [3.8, 4) is 17.1 Å². The molecule has 1 aromatic carbocycles. The molecule has 0 aliphatic heterocycles. The molecule has 0 bridgehead atoms. The van der Waals surface area contributed by atoms with Crippen LogP contribution in [0.25, 0.3) is 11.4 Å². The Labute approximate surface area is 152 Å². The number of aryl methyl sites for hydroxylation is 1. The van der Waals surface area contributed by atoms with Gasteiger partial charge >= 0.3 is 0 Å². The molecule has 0 atom stereocenters. The summed E-state index contributed by atoms with van der Waals surface area (Å²) >= 11 is 6.01. The molecule has 2 aromatic heterocycles. The zero-order chi connectivity index (χ0) is 17.6. The first-order chi connectivity index (χ1) is 12.2. The molecule has 0 fully saturated rings. The number of halogens is 1. The topological polar surface area (TPSA) is 59.9 Å². The van der Waals surface area contributed by atoms with Crippen molar-refractivity contribution in [2.24, 2.45) is 0 Å². The van der Waals surface area contributed by atoms with Gasteiger partial charge in [0.15, 0.2) is 5.82 Å². The van der Waals surface area contributed by atoms with Gasteiger partial charge in [-0.2, -0.15) is 0 Å². The molecule has 0 radical (unpaired) electrons. The monoisotopic (exact) mass is 354 g/mol. The van der Waals surface area contributed by atoms with Gasteiger partial charge in [-0.3, -0.25) is 4.98 Å². The SMILES string of the molecule is CCc1cc(NCc2ccc(Cl)cc2OC)nc(-c2ccncc2)n1. The summed E-state index contributed by atoms with van der Waals surface area (Å²) in [5.74, 6) is 2.21. The first-order valence-electron chi connectivity index (χ1n) is 8.04. The fourth-order valence-corrected chi connectivity index (χ4v) is 2.61. The van der Waals surface area contributed by atoms with Crippen LogP contribution in [0.3, 0.4) is 0 Å². The minimum absolute atomic E-state index is 0.580. The van der Waals surface area contributed by atoms with E-state index in [2.05, 4.69) is 27.2 Å². The van der Waals surface area contributed by atoms with Crippen LogP contribution in [0.2, 0.25) is 5.02 Å². The van der Waals surface area contributed by atoms with E-state index < -0.39 is 0 Å². The molecule has 0 aliphatic rings. The minimum atomic E-state index is 0.580. The molecule has 25 heavy (non-hydrogen) atoms. The molecular formula is C19H19ClN4O. The average Bonchev–Trinajstić information content (AvgIpc) is 2.67.